The lowest BCUT2D eigenvalue weighted by molar-refractivity contribution is 0.240. The van der Waals surface area contributed by atoms with Crippen molar-refractivity contribution < 1.29 is 4.42 Å². The lowest BCUT2D eigenvalue weighted by Gasteiger charge is -2.27. The zero-order valence-electron chi connectivity index (χ0n) is 18.6. The first-order chi connectivity index (χ1) is 15.8. The minimum absolute atomic E-state index is 0.118. The molecule has 3 heterocycles. The molecular weight excluding hydrogens is 418 g/mol. The molecular formula is C25H25N5O3. The Labute approximate surface area is 189 Å². The van der Waals surface area contributed by atoms with E-state index in [1.807, 2.05) is 43.0 Å². The quantitative estimate of drug-likeness (QED) is 0.415. The number of fused-ring (bicyclic) bond motifs is 2. The van der Waals surface area contributed by atoms with Crippen molar-refractivity contribution in [2.75, 3.05) is 18.0 Å². The summed E-state index contributed by atoms with van der Waals surface area (Å²) in [6, 6.07) is 10.9. The van der Waals surface area contributed by atoms with Crippen molar-refractivity contribution in [1.82, 2.24) is 14.9 Å². The van der Waals surface area contributed by atoms with Crippen molar-refractivity contribution in [2.45, 2.75) is 33.4 Å². The summed E-state index contributed by atoms with van der Waals surface area (Å²) >= 11 is 0. The minimum Gasteiger partial charge on any atom is -0.440 e. The van der Waals surface area contributed by atoms with E-state index in [-0.39, 0.29) is 16.9 Å². The third-order valence-electron chi connectivity index (χ3n) is 6.35. The van der Waals surface area contributed by atoms with Crippen molar-refractivity contribution in [2.24, 2.45) is 0 Å². The molecule has 0 saturated heterocycles. The van der Waals surface area contributed by atoms with Gasteiger partial charge in [-0.15, -0.1) is 0 Å². The molecule has 2 aromatic heterocycles. The fourth-order valence-corrected chi connectivity index (χ4v) is 4.27. The summed E-state index contributed by atoms with van der Waals surface area (Å²) in [5, 5.41) is 0.521. The Morgan fingerprint density at radius 3 is 2.58 bits per heavy atom. The van der Waals surface area contributed by atoms with E-state index >= 15 is 0 Å². The molecule has 0 aliphatic carbocycles. The molecule has 0 radical (unpaired) electrons. The van der Waals surface area contributed by atoms with Gasteiger partial charge in [0.2, 0.25) is 0 Å². The summed E-state index contributed by atoms with van der Waals surface area (Å²) < 4.78 is 5.78. The van der Waals surface area contributed by atoms with E-state index in [1.165, 1.54) is 0 Å². The van der Waals surface area contributed by atoms with Crippen molar-refractivity contribution in [3.05, 3.63) is 84.9 Å². The van der Waals surface area contributed by atoms with Crippen LogP contribution in [-0.2, 0) is 19.5 Å². The van der Waals surface area contributed by atoms with Gasteiger partial charge in [0.1, 0.15) is 11.4 Å². The maximum Gasteiger partial charge on any atom is 0.255 e. The monoisotopic (exact) mass is 443 g/mol. The maximum atomic E-state index is 13.2. The van der Waals surface area contributed by atoms with Crippen LogP contribution in [0.25, 0.3) is 22.4 Å². The summed E-state index contributed by atoms with van der Waals surface area (Å²) in [6.07, 6.45) is 0.596. The molecule has 0 amide bonds. The number of aromatic nitrogens is 2. The molecule has 168 valence electrons. The second kappa shape index (κ2) is 7.90. The molecule has 4 aromatic rings. The van der Waals surface area contributed by atoms with Crippen LogP contribution in [0.5, 0.6) is 0 Å². The van der Waals surface area contributed by atoms with E-state index in [1.54, 1.807) is 12.1 Å². The molecule has 0 spiro atoms. The summed E-state index contributed by atoms with van der Waals surface area (Å²) in [5.74, 6) is 0.643. The number of nitrogens with one attached hydrogen (secondary N) is 1. The van der Waals surface area contributed by atoms with Crippen LogP contribution in [0, 0.1) is 13.8 Å². The molecule has 5 N–H and O–H groups in total. The van der Waals surface area contributed by atoms with Crippen molar-refractivity contribution in [3.8, 4) is 11.4 Å². The van der Waals surface area contributed by atoms with Crippen LogP contribution in [0.1, 0.15) is 27.9 Å². The number of aromatic amines is 1. The van der Waals surface area contributed by atoms with Gasteiger partial charge in [-0.25, -0.2) is 4.98 Å². The second-order valence-electron chi connectivity index (χ2n) is 8.63. The first-order valence-electron chi connectivity index (χ1n) is 10.8. The largest absolute Gasteiger partial charge is 0.440 e. The Bertz CT molecular complexity index is 1500. The van der Waals surface area contributed by atoms with E-state index < -0.39 is 0 Å². The molecule has 0 saturated carbocycles. The molecule has 2 aromatic carbocycles. The SMILES string of the molecule is Cc1cc2oc(N)c(CN3CCc4nc(-c5ccc(N)cc5)[nH]c(=O)c4C3)c(=O)c2cc1C. The van der Waals surface area contributed by atoms with Gasteiger partial charge in [0.05, 0.1) is 22.2 Å². The third-order valence-corrected chi connectivity index (χ3v) is 6.35. The van der Waals surface area contributed by atoms with Crippen LogP contribution in [0.2, 0.25) is 0 Å². The minimum atomic E-state index is -0.179. The van der Waals surface area contributed by atoms with E-state index in [9.17, 15) is 9.59 Å². The number of nitrogens with zero attached hydrogens (tertiary/aromatic N) is 2. The lowest BCUT2D eigenvalue weighted by Crippen LogP contribution is -2.36. The Kier molecular flexibility index (Phi) is 5.02. The predicted molar refractivity (Wildman–Crippen MR) is 129 cm³/mol. The highest BCUT2D eigenvalue weighted by Crippen LogP contribution is 2.24. The van der Waals surface area contributed by atoms with Crippen molar-refractivity contribution in [3.63, 3.8) is 0 Å². The number of nitrogens with two attached hydrogens (primary N) is 2. The van der Waals surface area contributed by atoms with Gasteiger partial charge in [0.25, 0.3) is 5.56 Å². The molecule has 33 heavy (non-hydrogen) atoms. The van der Waals surface area contributed by atoms with Gasteiger partial charge in [0, 0.05) is 37.3 Å². The number of hydrogen-bond acceptors (Lipinski definition) is 7. The topological polar surface area (TPSA) is 131 Å². The number of hydrogen-bond donors (Lipinski definition) is 3. The maximum absolute atomic E-state index is 13.2. The first-order valence-corrected chi connectivity index (χ1v) is 10.8. The summed E-state index contributed by atoms with van der Waals surface area (Å²) in [7, 11) is 0. The summed E-state index contributed by atoms with van der Waals surface area (Å²) in [5.41, 5.74) is 17.4. The third kappa shape index (κ3) is 3.78. The number of H-pyrrole nitrogens is 1. The Morgan fingerprint density at radius 2 is 1.82 bits per heavy atom. The number of nitrogen functional groups attached to an aromatic ring is 2. The number of aryl methyl sites for hydroxylation is 2. The smallest absolute Gasteiger partial charge is 0.255 e. The molecule has 5 rings (SSSR count). The fraction of sp³-hybridized carbons (Fsp3) is 0.240. The highest BCUT2D eigenvalue weighted by Gasteiger charge is 2.24. The van der Waals surface area contributed by atoms with Gasteiger partial charge >= 0.3 is 0 Å². The van der Waals surface area contributed by atoms with Crippen LogP contribution in [0.4, 0.5) is 11.6 Å². The van der Waals surface area contributed by atoms with Crippen LogP contribution in [0.3, 0.4) is 0 Å². The van der Waals surface area contributed by atoms with E-state index in [4.69, 9.17) is 15.9 Å². The van der Waals surface area contributed by atoms with E-state index in [2.05, 4.69) is 9.97 Å². The zero-order chi connectivity index (χ0) is 23.3. The number of rotatable bonds is 3. The Balaban J connectivity index is 1.45. The molecule has 1 aliphatic heterocycles. The molecule has 0 unspecified atom stereocenters. The van der Waals surface area contributed by atoms with Crippen molar-refractivity contribution in [1.29, 1.82) is 0 Å². The normalized spacial score (nSPS) is 13.9. The van der Waals surface area contributed by atoms with E-state index in [0.717, 1.165) is 22.4 Å². The Morgan fingerprint density at radius 1 is 1.09 bits per heavy atom. The van der Waals surface area contributed by atoms with E-state index in [0.29, 0.717) is 59.7 Å². The molecule has 8 nitrogen and oxygen atoms in total. The van der Waals surface area contributed by atoms with Gasteiger partial charge in [-0.05, 0) is 61.4 Å². The number of benzene rings is 2. The highest BCUT2D eigenvalue weighted by atomic mass is 16.3. The molecule has 0 bridgehead atoms. The van der Waals surface area contributed by atoms with Crippen LogP contribution in [-0.4, -0.2) is 21.4 Å². The Hall–Kier alpha value is -3.91. The van der Waals surface area contributed by atoms with Gasteiger partial charge < -0.3 is 20.9 Å². The molecule has 8 heteroatoms. The second-order valence-corrected chi connectivity index (χ2v) is 8.63. The van der Waals surface area contributed by atoms with Gasteiger partial charge in [0.15, 0.2) is 11.3 Å². The zero-order valence-corrected chi connectivity index (χ0v) is 18.6. The van der Waals surface area contributed by atoms with Gasteiger partial charge in [-0.3, -0.25) is 14.5 Å². The standard InChI is InChI=1S/C25H25N5O3/c1-13-9-17-21(10-14(13)2)33-23(27)19(22(17)31)12-30-8-7-20-18(11-30)25(32)29-24(28-20)15-3-5-16(26)6-4-15/h3-6,9-10H,7-8,11-12,26-27H2,1-2H3,(H,28,29,32). The van der Waals surface area contributed by atoms with Crippen molar-refractivity contribution >= 4 is 22.5 Å². The van der Waals surface area contributed by atoms with Crippen LogP contribution < -0.4 is 22.5 Å². The molecule has 0 atom stereocenters. The fourth-order valence-electron chi connectivity index (χ4n) is 4.27. The average molecular weight is 444 g/mol. The molecule has 0 fully saturated rings. The lowest BCUT2D eigenvalue weighted by atomic mass is 10.0. The average Bonchev–Trinajstić information content (AvgIpc) is 2.79. The highest BCUT2D eigenvalue weighted by molar-refractivity contribution is 5.80. The van der Waals surface area contributed by atoms with Gasteiger partial charge in [-0.2, -0.15) is 0 Å². The summed E-state index contributed by atoms with van der Waals surface area (Å²) in [6.45, 7) is 5.26. The summed E-state index contributed by atoms with van der Waals surface area (Å²) in [4.78, 5) is 35.6. The molecule has 1 aliphatic rings. The number of anilines is 2. The predicted octanol–water partition coefficient (Wildman–Crippen LogP) is 2.88. The van der Waals surface area contributed by atoms with Gasteiger partial charge in [-0.1, -0.05) is 0 Å². The van der Waals surface area contributed by atoms with Crippen LogP contribution >= 0.6 is 0 Å². The first kappa shape index (κ1) is 21.0. The van der Waals surface area contributed by atoms with Crippen LogP contribution in [0.15, 0.2) is 50.4 Å².